The number of hydrogen-bond donors (Lipinski definition) is 3. The molecule has 2 amide bonds. The van der Waals surface area contributed by atoms with E-state index in [1.807, 2.05) is 21.8 Å². The Hall–Kier alpha value is -3.89. The SMILES string of the molecule is CCn1cc(-c2cccc(CCOCCC(=O)N(CCNCCc3ccc(O)c4c3OCC(=O)N4)C3CCCC3)c2)cn1. The van der Waals surface area contributed by atoms with Gasteiger partial charge in [-0.3, -0.25) is 14.3 Å². The molecule has 1 aromatic heterocycles. The second-order valence-electron chi connectivity index (χ2n) is 11.2. The maximum absolute atomic E-state index is 13.2. The van der Waals surface area contributed by atoms with Crippen LogP contribution >= 0.6 is 0 Å². The molecule has 43 heavy (non-hydrogen) atoms. The molecule has 0 unspecified atom stereocenters. The van der Waals surface area contributed by atoms with Crippen LogP contribution in [0.25, 0.3) is 11.1 Å². The number of aromatic nitrogens is 2. The Bertz CT molecular complexity index is 1380. The van der Waals surface area contributed by atoms with E-state index in [0.717, 1.165) is 42.5 Å². The van der Waals surface area contributed by atoms with Crippen LogP contribution in [0.5, 0.6) is 11.5 Å². The maximum Gasteiger partial charge on any atom is 0.262 e. The molecule has 3 aromatic rings. The fourth-order valence-electron chi connectivity index (χ4n) is 5.87. The van der Waals surface area contributed by atoms with Gasteiger partial charge in [-0.25, -0.2) is 0 Å². The zero-order valence-corrected chi connectivity index (χ0v) is 25.0. The van der Waals surface area contributed by atoms with Crippen LogP contribution in [0, 0.1) is 0 Å². The van der Waals surface area contributed by atoms with Crippen LogP contribution in [0.2, 0.25) is 0 Å². The van der Waals surface area contributed by atoms with Crippen LogP contribution in [-0.4, -0.2) is 77.1 Å². The van der Waals surface area contributed by atoms with Gasteiger partial charge >= 0.3 is 0 Å². The highest BCUT2D eigenvalue weighted by Crippen LogP contribution is 2.39. The number of amides is 2. The number of fused-ring (bicyclic) bond motifs is 1. The highest BCUT2D eigenvalue weighted by atomic mass is 16.5. The van der Waals surface area contributed by atoms with E-state index >= 15 is 0 Å². The van der Waals surface area contributed by atoms with E-state index in [2.05, 4.69) is 53.1 Å². The van der Waals surface area contributed by atoms with E-state index in [4.69, 9.17) is 9.47 Å². The smallest absolute Gasteiger partial charge is 0.262 e. The molecule has 10 heteroatoms. The fourth-order valence-corrected chi connectivity index (χ4v) is 5.87. The van der Waals surface area contributed by atoms with Crippen LogP contribution in [0.4, 0.5) is 5.69 Å². The third-order valence-electron chi connectivity index (χ3n) is 8.23. The number of carbonyl (C=O) groups is 2. The molecule has 2 heterocycles. The minimum absolute atomic E-state index is 0.000108. The van der Waals surface area contributed by atoms with Gasteiger partial charge in [0.2, 0.25) is 5.91 Å². The summed E-state index contributed by atoms with van der Waals surface area (Å²) < 4.78 is 13.4. The lowest BCUT2D eigenvalue weighted by Crippen LogP contribution is -2.43. The molecule has 2 aliphatic rings. The summed E-state index contributed by atoms with van der Waals surface area (Å²) in [6.07, 6.45) is 10.3. The number of nitrogens with zero attached hydrogens (tertiary/aromatic N) is 3. The third kappa shape index (κ3) is 8.14. The molecule has 10 nitrogen and oxygen atoms in total. The molecule has 0 atom stereocenters. The Kier molecular flexibility index (Phi) is 10.7. The lowest BCUT2D eigenvalue weighted by atomic mass is 10.0. The average molecular weight is 590 g/mol. The summed E-state index contributed by atoms with van der Waals surface area (Å²) in [4.78, 5) is 26.9. The number of hydrogen-bond acceptors (Lipinski definition) is 7. The number of aromatic hydroxyl groups is 1. The lowest BCUT2D eigenvalue weighted by Gasteiger charge is -2.29. The van der Waals surface area contributed by atoms with Crippen molar-refractivity contribution in [3.8, 4) is 22.6 Å². The van der Waals surface area contributed by atoms with Crippen molar-refractivity contribution in [2.75, 3.05) is 44.8 Å². The number of rotatable bonds is 15. The first kappa shape index (κ1) is 30.6. The molecule has 230 valence electrons. The first-order chi connectivity index (χ1) is 21.0. The number of anilines is 1. The molecule has 0 spiro atoms. The van der Waals surface area contributed by atoms with E-state index < -0.39 is 0 Å². The van der Waals surface area contributed by atoms with E-state index in [-0.39, 0.29) is 24.2 Å². The normalized spacial score (nSPS) is 14.8. The van der Waals surface area contributed by atoms with Gasteiger partial charge in [-0.05, 0) is 61.9 Å². The van der Waals surface area contributed by atoms with Gasteiger partial charge in [-0.1, -0.05) is 43.2 Å². The highest BCUT2D eigenvalue weighted by molar-refractivity contribution is 5.97. The molecular weight excluding hydrogens is 546 g/mol. The Morgan fingerprint density at radius 3 is 2.84 bits per heavy atom. The van der Waals surface area contributed by atoms with Gasteiger partial charge in [0.05, 0.1) is 25.8 Å². The molecule has 2 aromatic carbocycles. The predicted molar refractivity (Wildman–Crippen MR) is 165 cm³/mol. The van der Waals surface area contributed by atoms with Crippen LogP contribution in [0.1, 0.15) is 50.2 Å². The summed E-state index contributed by atoms with van der Waals surface area (Å²) in [5, 5.41) is 20.6. The van der Waals surface area contributed by atoms with Gasteiger partial charge < -0.3 is 30.1 Å². The first-order valence-electron chi connectivity index (χ1n) is 15.5. The van der Waals surface area contributed by atoms with Crippen LogP contribution in [0.3, 0.4) is 0 Å². The van der Waals surface area contributed by atoms with Crippen molar-refractivity contribution in [1.29, 1.82) is 0 Å². The minimum atomic E-state index is -0.276. The van der Waals surface area contributed by atoms with Gasteiger partial charge in [0.15, 0.2) is 12.4 Å². The second kappa shape index (κ2) is 15.0. The van der Waals surface area contributed by atoms with Gasteiger partial charge in [-0.15, -0.1) is 0 Å². The van der Waals surface area contributed by atoms with Crippen molar-refractivity contribution >= 4 is 17.5 Å². The Balaban J connectivity index is 1.04. The van der Waals surface area contributed by atoms with Gasteiger partial charge in [0.25, 0.3) is 5.91 Å². The minimum Gasteiger partial charge on any atom is -0.506 e. The molecule has 5 rings (SSSR count). The lowest BCUT2D eigenvalue weighted by molar-refractivity contribution is -0.134. The molecule has 3 N–H and O–H groups in total. The fraction of sp³-hybridized carbons (Fsp3) is 0.485. The monoisotopic (exact) mass is 589 g/mol. The van der Waals surface area contributed by atoms with Gasteiger partial charge in [0, 0.05) is 37.4 Å². The molecule has 1 aliphatic carbocycles. The summed E-state index contributed by atoms with van der Waals surface area (Å²) in [7, 11) is 0. The van der Waals surface area contributed by atoms with Crippen LogP contribution < -0.4 is 15.4 Å². The van der Waals surface area contributed by atoms with Crippen molar-refractivity contribution in [3.05, 3.63) is 59.9 Å². The average Bonchev–Trinajstić information content (AvgIpc) is 3.73. The molecule has 0 saturated heterocycles. The largest absolute Gasteiger partial charge is 0.506 e. The third-order valence-corrected chi connectivity index (χ3v) is 8.23. The van der Waals surface area contributed by atoms with Gasteiger partial charge in [-0.2, -0.15) is 5.10 Å². The molecule has 1 fully saturated rings. The van der Waals surface area contributed by atoms with Crippen molar-refractivity contribution in [2.45, 2.75) is 64.5 Å². The van der Waals surface area contributed by atoms with E-state index in [1.165, 1.54) is 18.4 Å². The highest BCUT2D eigenvalue weighted by Gasteiger charge is 2.26. The Morgan fingerprint density at radius 1 is 1.16 bits per heavy atom. The number of aryl methyl sites for hydroxylation is 1. The van der Waals surface area contributed by atoms with E-state index in [9.17, 15) is 14.7 Å². The van der Waals surface area contributed by atoms with Crippen molar-refractivity contribution < 1.29 is 24.2 Å². The number of benzene rings is 2. The predicted octanol–water partition coefficient (Wildman–Crippen LogP) is 4.16. The molecule has 1 aliphatic heterocycles. The summed E-state index contributed by atoms with van der Waals surface area (Å²) in [6, 6.07) is 12.2. The Morgan fingerprint density at radius 2 is 2.02 bits per heavy atom. The van der Waals surface area contributed by atoms with Crippen LogP contribution in [0.15, 0.2) is 48.8 Å². The topological polar surface area (TPSA) is 118 Å². The number of nitrogens with one attached hydrogen (secondary N) is 2. The number of phenolic OH excluding ortho intramolecular Hbond substituents is 1. The van der Waals surface area contributed by atoms with Crippen molar-refractivity contribution in [3.63, 3.8) is 0 Å². The molecule has 0 radical (unpaired) electrons. The number of phenols is 1. The maximum atomic E-state index is 13.2. The van der Waals surface area contributed by atoms with Gasteiger partial charge in [0.1, 0.15) is 11.4 Å². The summed E-state index contributed by atoms with van der Waals surface area (Å²) in [6.45, 7) is 5.89. The number of ether oxygens (including phenoxy) is 2. The van der Waals surface area contributed by atoms with Crippen molar-refractivity contribution in [2.24, 2.45) is 0 Å². The zero-order valence-electron chi connectivity index (χ0n) is 25.0. The Labute approximate surface area is 253 Å². The van der Waals surface area contributed by atoms with Crippen molar-refractivity contribution in [1.82, 2.24) is 20.0 Å². The molecular formula is C33H43N5O5. The quantitative estimate of drug-likeness (QED) is 0.180. The second-order valence-corrected chi connectivity index (χ2v) is 11.2. The zero-order chi connectivity index (χ0) is 30.0. The first-order valence-corrected chi connectivity index (χ1v) is 15.5. The standard InChI is InChI=1S/C33H43N5O5/c1-2-37-22-27(21-35-37)26-7-5-6-24(20-26)13-18-42-19-14-31(41)38(28-8-3-4-9-28)17-16-34-15-12-25-10-11-29(39)32-33(25)43-23-30(40)36-32/h5-7,10-11,20-22,28,34,39H,2-4,8-9,12-19,23H2,1H3,(H,36,40). The summed E-state index contributed by atoms with van der Waals surface area (Å²) >= 11 is 0. The summed E-state index contributed by atoms with van der Waals surface area (Å²) in [5.74, 6) is 0.406. The van der Waals surface area contributed by atoms with E-state index in [0.29, 0.717) is 63.2 Å². The van der Waals surface area contributed by atoms with E-state index in [1.54, 1.807) is 6.07 Å². The number of carbonyl (C=O) groups excluding carboxylic acids is 2. The van der Waals surface area contributed by atoms with Crippen LogP contribution in [-0.2, 0) is 33.7 Å². The molecule has 0 bridgehead atoms. The summed E-state index contributed by atoms with van der Waals surface area (Å²) in [5.41, 5.74) is 4.72. The molecule has 1 saturated carbocycles.